The third-order valence-electron chi connectivity index (χ3n) is 3.80. The van der Waals surface area contributed by atoms with Gasteiger partial charge in [0, 0.05) is 30.1 Å². The lowest BCUT2D eigenvalue weighted by Gasteiger charge is -2.35. The van der Waals surface area contributed by atoms with E-state index in [-0.39, 0.29) is 31.3 Å². The number of anilines is 1. The van der Waals surface area contributed by atoms with Crippen LogP contribution in [0.15, 0.2) is 35.0 Å². The fourth-order valence-corrected chi connectivity index (χ4v) is 2.85. The highest BCUT2D eigenvalue weighted by molar-refractivity contribution is 6.31. The van der Waals surface area contributed by atoms with E-state index in [1.807, 2.05) is 0 Å². The van der Waals surface area contributed by atoms with E-state index < -0.39 is 23.7 Å². The van der Waals surface area contributed by atoms with Gasteiger partial charge >= 0.3 is 12.1 Å². The summed E-state index contributed by atoms with van der Waals surface area (Å²) >= 11 is 6.05. The van der Waals surface area contributed by atoms with E-state index in [1.165, 1.54) is 25.1 Å². The predicted octanol–water partition coefficient (Wildman–Crippen LogP) is 2.87. The highest BCUT2D eigenvalue weighted by Crippen LogP contribution is 2.35. The van der Waals surface area contributed by atoms with Gasteiger partial charge in [-0.25, -0.2) is 4.90 Å². The molecule has 0 atom stereocenters. The molecule has 0 aliphatic carbocycles. The van der Waals surface area contributed by atoms with Crippen molar-refractivity contribution in [3.05, 3.63) is 40.6 Å². The number of nitrogens with zero attached hydrogens (tertiary/aromatic N) is 3. The molecular weight excluding hydrogens is 375 g/mol. The summed E-state index contributed by atoms with van der Waals surface area (Å²) in [5.41, 5.74) is -0.336. The first-order chi connectivity index (χ1) is 12.2. The van der Waals surface area contributed by atoms with Crippen LogP contribution >= 0.6 is 11.6 Å². The molecule has 2 heterocycles. The number of guanidine groups is 1. The van der Waals surface area contributed by atoms with E-state index in [9.17, 15) is 22.8 Å². The molecular formula is C16H13ClF3N3O3. The minimum Gasteiger partial charge on any atom is -0.461 e. The van der Waals surface area contributed by atoms with Crippen molar-refractivity contribution in [2.75, 3.05) is 18.0 Å². The molecule has 2 aliphatic heterocycles. The topological polar surface area (TPSA) is 62.2 Å². The average molecular weight is 388 g/mol. The normalized spacial score (nSPS) is 17.0. The van der Waals surface area contributed by atoms with Crippen LogP contribution < -0.4 is 4.90 Å². The number of hydrogen-bond acceptors (Lipinski definition) is 5. The van der Waals surface area contributed by atoms with Crippen molar-refractivity contribution >= 4 is 35.1 Å². The molecule has 1 amide bonds. The SMILES string of the molecule is CC(=O)OCc1cc(N2C(=O)C=C(C(F)(F)F)N3CCN=C32)ccc1Cl. The number of fused-ring (bicyclic) bond motifs is 1. The number of ether oxygens (including phenoxy) is 1. The van der Waals surface area contributed by atoms with Crippen molar-refractivity contribution in [1.29, 1.82) is 0 Å². The Bertz CT molecular complexity index is 836. The monoisotopic (exact) mass is 387 g/mol. The molecule has 10 heteroatoms. The van der Waals surface area contributed by atoms with E-state index in [2.05, 4.69) is 4.99 Å². The summed E-state index contributed by atoms with van der Waals surface area (Å²) in [6.07, 6.45) is -4.11. The number of esters is 1. The Balaban J connectivity index is 1.99. The average Bonchev–Trinajstić information content (AvgIpc) is 3.01. The summed E-state index contributed by atoms with van der Waals surface area (Å²) in [6, 6.07) is 4.45. The van der Waals surface area contributed by atoms with Crippen LogP contribution in [0.25, 0.3) is 0 Å². The molecule has 0 radical (unpaired) electrons. The van der Waals surface area contributed by atoms with Crippen molar-refractivity contribution in [3.8, 4) is 0 Å². The van der Waals surface area contributed by atoms with Crippen molar-refractivity contribution < 1.29 is 27.5 Å². The van der Waals surface area contributed by atoms with Crippen molar-refractivity contribution in [2.24, 2.45) is 4.99 Å². The Morgan fingerprint density at radius 2 is 2.12 bits per heavy atom. The van der Waals surface area contributed by atoms with Crippen molar-refractivity contribution in [1.82, 2.24) is 4.90 Å². The molecule has 0 unspecified atom stereocenters. The van der Waals surface area contributed by atoms with Crippen LogP contribution in [-0.2, 0) is 20.9 Å². The van der Waals surface area contributed by atoms with Gasteiger partial charge in [-0.15, -0.1) is 0 Å². The Morgan fingerprint density at radius 1 is 1.38 bits per heavy atom. The third kappa shape index (κ3) is 3.39. The second-order valence-corrected chi connectivity index (χ2v) is 6.00. The Labute approximate surface area is 151 Å². The number of amides is 1. The van der Waals surface area contributed by atoms with E-state index in [0.717, 1.165) is 9.80 Å². The van der Waals surface area contributed by atoms with Crippen LogP contribution in [-0.4, -0.2) is 42.0 Å². The van der Waals surface area contributed by atoms with Gasteiger partial charge in [0.05, 0.1) is 12.2 Å². The van der Waals surface area contributed by atoms with Gasteiger partial charge in [0.1, 0.15) is 12.3 Å². The number of hydrogen-bond donors (Lipinski definition) is 0. The maximum Gasteiger partial charge on any atom is 0.431 e. The Kier molecular flexibility index (Phi) is 4.66. The molecule has 26 heavy (non-hydrogen) atoms. The molecule has 0 spiro atoms. The lowest BCUT2D eigenvalue weighted by atomic mass is 10.1. The van der Waals surface area contributed by atoms with Gasteiger partial charge in [-0.2, -0.15) is 13.2 Å². The van der Waals surface area contributed by atoms with E-state index in [0.29, 0.717) is 16.7 Å². The van der Waals surface area contributed by atoms with E-state index >= 15 is 0 Å². The van der Waals surface area contributed by atoms with Gasteiger partial charge in [0.15, 0.2) is 0 Å². The molecule has 2 aliphatic rings. The minimum atomic E-state index is -4.66. The first kappa shape index (κ1) is 18.2. The zero-order valence-corrected chi connectivity index (χ0v) is 14.3. The second kappa shape index (κ2) is 6.64. The summed E-state index contributed by atoms with van der Waals surface area (Å²) in [5, 5.41) is 0.302. The number of benzene rings is 1. The number of carbonyl (C=O) groups excluding carboxylic acids is 2. The molecule has 0 N–H and O–H groups in total. The second-order valence-electron chi connectivity index (χ2n) is 5.59. The van der Waals surface area contributed by atoms with Gasteiger partial charge < -0.3 is 9.64 Å². The number of carbonyl (C=O) groups is 2. The lowest BCUT2D eigenvalue weighted by Crippen LogP contribution is -2.51. The van der Waals surface area contributed by atoms with Gasteiger partial charge in [-0.1, -0.05) is 11.6 Å². The first-order valence-corrected chi connectivity index (χ1v) is 7.93. The van der Waals surface area contributed by atoms with Gasteiger partial charge in [-0.3, -0.25) is 14.6 Å². The highest BCUT2D eigenvalue weighted by atomic mass is 35.5. The fraction of sp³-hybridized carbons (Fsp3) is 0.312. The molecule has 0 aromatic heterocycles. The zero-order chi connectivity index (χ0) is 19.1. The summed E-state index contributed by atoms with van der Waals surface area (Å²) in [6.45, 7) is 1.28. The largest absolute Gasteiger partial charge is 0.461 e. The summed E-state index contributed by atoms with van der Waals surface area (Å²) < 4.78 is 44.4. The van der Waals surface area contributed by atoms with Crippen LogP contribution in [0.3, 0.4) is 0 Å². The number of allylic oxidation sites excluding steroid dienone is 1. The Morgan fingerprint density at radius 3 is 2.77 bits per heavy atom. The number of rotatable bonds is 3. The summed E-state index contributed by atoms with van der Waals surface area (Å²) in [7, 11) is 0. The molecule has 0 saturated carbocycles. The predicted molar refractivity (Wildman–Crippen MR) is 87.6 cm³/mol. The molecule has 6 nitrogen and oxygen atoms in total. The molecule has 1 aromatic rings. The Hall–Kier alpha value is -2.55. The molecule has 0 fully saturated rings. The molecule has 0 bridgehead atoms. The number of aliphatic imine (C=N–C) groups is 1. The highest BCUT2D eigenvalue weighted by Gasteiger charge is 2.46. The molecule has 138 valence electrons. The van der Waals surface area contributed by atoms with Crippen molar-refractivity contribution in [2.45, 2.75) is 19.7 Å². The van der Waals surface area contributed by atoms with Crippen LogP contribution in [0.4, 0.5) is 18.9 Å². The van der Waals surface area contributed by atoms with Gasteiger partial charge in [0.2, 0.25) is 5.96 Å². The summed E-state index contributed by atoms with van der Waals surface area (Å²) in [5.74, 6) is -1.47. The number of alkyl halides is 3. The third-order valence-corrected chi connectivity index (χ3v) is 4.17. The maximum absolute atomic E-state index is 13.2. The van der Waals surface area contributed by atoms with E-state index in [4.69, 9.17) is 16.3 Å². The van der Waals surface area contributed by atoms with Crippen LogP contribution in [0.5, 0.6) is 0 Å². The van der Waals surface area contributed by atoms with Crippen molar-refractivity contribution in [3.63, 3.8) is 0 Å². The molecule has 3 rings (SSSR count). The quantitative estimate of drug-likeness (QED) is 0.748. The minimum absolute atomic E-state index is 0.0261. The zero-order valence-electron chi connectivity index (χ0n) is 13.5. The summed E-state index contributed by atoms with van der Waals surface area (Å²) in [4.78, 5) is 29.4. The van der Waals surface area contributed by atoms with Crippen LogP contribution in [0, 0.1) is 0 Å². The fourth-order valence-electron chi connectivity index (χ4n) is 2.68. The maximum atomic E-state index is 13.2. The molecule has 0 saturated heterocycles. The standard InChI is InChI=1S/C16H13ClF3N3O3/c1-9(24)26-8-10-6-11(2-3-12(10)17)23-14(25)7-13(16(18,19)20)22-5-4-21-15(22)23/h2-3,6-7H,4-5,8H2,1H3. The molecule has 1 aromatic carbocycles. The smallest absolute Gasteiger partial charge is 0.431 e. The van der Waals surface area contributed by atoms with Crippen LogP contribution in [0.2, 0.25) is 5.02 Å². The van der Waals surface area contributed by atoms with Crippen LogP contribution in [0.1, 0.15) is 12.5 Å². The lowest BCUT2D eigenvalue weighted by molar-refractivity contribution is -0.142. The number of halogens is 4. The van der Waals surface area contributed by atoms with Gasteiger partial charge in [0.25, 0.3) is 5.91 Å². The van der Waals surface area contributed by atoms with E-state index in [1.54, 1.807) is 0 Å². The van der Waals surface area contributed by atoms with Gasteiger partial charge in [-0.05, 0) is 18.2 Å². The first-order valence-electron chi connectivity index (χ1n) is 7.55.